The van der Waals surface area contributed by atoms with Gasteiger partial charge in [0.1, 0.15) is 6.20 Å². The van der Waals surface area contributed by atoms with Crippen LogP contribution in [0.5, 0.6) is 0 Å². The predicted molar refractivity (Wildman–Crippen MR) is 93.0 cm³/mol. The lowest BCUT2D eigenvalue weighted by atomic mass is 9.84. The highest BCUT2D eigenvalue weighted by atomic mass is 35.5. The number of amides is 1. The van der Waals surface area contributed by atoms with E-state index in [1.807, 2.05) is 0 Å². The Kier molecular flexibility index (Phi) is 8.14. The maximum absolute atomic E-state index is 12.1. The first kappa shape index (κ1) is 20.4. The lowest BCUT2D eigenvalue weighted by molar-refractivity contribution is -0.389. The monoisotopic (exact) mass is 359 g/mol. The number of hydrogen-bond acceptors (Lipinski definition) is 5. The van der Waals surface area contributed by atoms with Crippen LogP contribution in [-0.4, -0.2) is 33.0 Å². The van der Waals surface area contributed by atoms with Gasteiger partial charge in [-0.1, -0.05) is 19.3 Å². The summed E-state index contributed by atoms with van der Waals surface area (Å²) in [4.78, 5) is 26.2. The summed E-state index contributed by atoms with van der Waals surface area (Å²) in [5.74, 6) is 0.743. The van der Waals surface area contributed by atoms with Gasteiger partial charge >= 0.3 is 5.82 Å². The summed E-state index contributed by atoms with van der Waals surface area (Å²) in [5.41, 5.74) is 5.82. The minimum Gasteiger partial charge on any atom is -0.358 e. The van der Waals surface area contributed by atoms with Gasteiger partial charge in [-0.05, 0) is 28.7 Å². The molecule has 0 aromatic carbocycles. The molecule has 1 heterocycles. The minimum absolute atomic E-state index is 0. The number of nitrogens with zero attached hydrogens (tertiary/aromatic N) is 3. The van der Waals surface area contributed by atoms with Gasteiger partial charge < -0.3 is 25.7 Å². The minimum atomic E-state index is -0.531. The third kappa shape index (κ3) is 5.45. The van der Waals surface area contributed by atoms with Crippen LogP contribution < -0.4 is 11.1 Å². The summed E-state index contributed by atoms with van der Waals surface area (Å²) >= 11 is 0. The number of hydrogen-bond donors (Lipinski definition) is 2. The Hall–Kier alpha value is -1.67. The molecule has 2 rings (SSSR count). The molecule has 1 unspecified atom stereocenters. The first-order valence-corrected chi connectivity index (χ1v) is 8.19. The van der Waals surface area contributed by atoms with E-state index >= 15 is 0 Å². The average Bonchev–Trinajstić information content (AvgIpc) is 2.93. The second-order valence-electron chi connectivity index (χ2n) is 6.15. The molecule has 8 nitrogen and oxygen atoms in total. The molecular weight excluding hydrogens is 334 g/mol. The Morgan fingerprint density at radius 3 is 2.71 bits per heavy atom. The second-order valence-corrected chi connectivity index (χ2v) is 6.15. The van der Waals surface area contributed by atoms with Gasteiger partial charge in [0.25, 0.3) is 0 Å². The SMILES string of the molecule is Cc1nc([N+](=O)[O-])cn1CCC(=O)NC(CN)C1CCCCC1.Cl. The van der Waals surface area contributed by atoms with Crippen molar-refractivity contribution in [3.05, 3.63) is 22.1 Å². The Balaban J connectivity index is 0.00000288. The number of aryl methyl sites for hydroxylation is 2. The van der Waals surface area contributed by atoms with Crippen LogP contribution in [0.3, 0.4) is 0 Å². The molecular formula is C15H26ClN5O3. The number of nitrogens with two attached hydrogens (primary N) is 1. The normalized spacial score (nSPS) is 16.2. The molecule has 1 amide bonds. The lowest BCUT2D eigenvalue weighted by Crippen LogP contribution is -2.46. The highest BCUT2D eigenvalue weighted by Gasteiger charge is 2.24. The molecule has 1 aromatic rings. The van der Waals surface area contributed by atoms with Crippen LogP contribution in [0.1, 0.15) is 44.3 Å². The molecule has 9 heteroatoms. The molecule has 0 aliphatic heterocycles. The maximum Gasteiger partial charge on any atom is 0.381 e. The molecule has 1 aromatic heterocycles. The topological polar surface area (TPSA) is 116 Å². The van der Waals surface area contributed by atoms with E-state index in [-0.39, 0.29) is 36.6 Å². The van der Waals surface area contributed by atoms with Gasteiger partial charge in [-0.2, -0.15) is 0 Å². The number of nitrogens with one attached hydrogen (secondary N) is 1. The van der Waals surface area contributed by atoms with Crippen LogP contribution in [0.15, 0.2) is 6.20 Å². The van der Waals surface area contributed by atoms with Crippen molar-refractivity contribution in [1.29, 1.82) is 0 Å². The van der Waals surface area contributed by atoms with E-state index in [9.17, 15) is 14.9 Å². The van der Waals surface area contributed by atoms with Crippen molar-refractivity contribution in [3.63, 3.8) is 0 Å². The summed E-state index contributed by atoms with van der Waals surface area (Å²) in [7, 11) is 0. The van der Waals surface area contributed by atoms with Crippen LogP contribution in [-0.2, 0) is 11.3 Å². The van der Waals surface area contributed by atoms with Gasteiger partial charge in [-0.25, -0.2) is 0 Å². The molecule has 0 bridgehead atoms. The molecule has 136 valence electrons. The number of rotatable bonds is 7. The lowest BCUT2D eigenvalue weighted by Gasteiger charge is -2.30. The van der Waals surface area contributed by atoms with Gasteiger partial charge in [0.15, 0.2) is 0 Å². The Morgan fingerprint density at radius 2 is 2.17 bits per heavy atom. The molecule has 1 aliphatic carbocycles. The maximum atomic E-state index is 12.1. The number of nitro groups is 1. The molecule has 0 spiro atoms. The van der Waals surface area contributed by atoms with Crippen molar-refractivity contribution in [2.75, 3.05) is 6.54 Å². The van der Waals surface area contributed by atoms with E-state index in [1.54, 1.807) is 11.5 Å². The van der Waals surface area contributed by atoms with Crippen molar-refractivity contribution >= 4 is 24.1 Å². The molecule has 24 heavy (non-hydrogen) atoms. The highest BCUT2D eigenvalue weighted by Crippen LogP contribution is 2.26. The molecule has 1 atom stereocenters. The van der Waals surface area contributed by atoms with E-state index in [2.05, 4.69) is 10.3 Å². The van der Waals surface area contributed by atoms with Gasteiger partial charge in [0, 0.05) is 32.5 Å². The first-order chi connectivity index (χ1) is 11.0. The number of halogens is 1. The van der Waals surface area contributed by atoms with E-state index in [0.717, 1.165) is 12.8 Å². The first-order valence-electron chi connectivity index (χ1n) is 8.19. The summed E-state index contributed by atoms with van der Waals surface area (Å²) in [6.07, 6.45) is 7.54. The van der Waals surface area contributed by atoms with Crippen LogP contribution in [0.25, 0.3) is 0 Å². The largest absolute Gasteiger partial charge is 0.381 e. The van der Waals surface area contributed by atoms with Gasteiger partial charge in [-0.3, -0.25) is 4.79 Å². The number of carbonyl (C=O) groups is 1. The highest BCUT2D eigenvalue weighted by molar-refractivity contribution is 5.85. The number of carbonyl (C=O) groups excluding carboxylic acids is 1. The number of aromatic nitrogens is 2. The van der Waals surface area contributed by atoms with Gasteiger partial charge in [0.2, 0.25) is 11.7 Å². The van der Waals surface area contributed by atoms with Crippen LogP contribution in [0, 0.1) is 23.0 Å². The summed E-state index contributed by atoms with van der Waals surface area (Å²) < 4.78 is 1.63. The van der Waals surface area contributed by atoms with E-state index in [4.69, 9.17) is 5.73 Å². The fourth-order valence-corrected chi connectivity index (χ4v) is 3.21. The fourth-order valence-electron chi connectivity index (χ4n) is 3.21. The van der Waals surface area contributed by atoms with Crippen molar-refractivity contribution < 1.29 is 9.72 Å². The zero-order valence-corrected chi connectivity index (χ0v) is 14.8. The number of imidazole rings is 1. The van der Waals surface area contributed by atoms with Crippen molar-refractivity contribution in [1.82, 2.24) is 14.9 Å². The van der Waals surface area contributed by atoms with Crippen molar-refractivity contribution in [2.45, 2.75) is 58.0 Å². The van der Waals surface area contributed by atoms with E-state index in [0.29, 0.717) is 24.8 Å². The summed E-state index contributed by atoms with van der Waals surface area (Å²) in [6, 6.07) is 0.0287. The molecule has 0 saturated heterocycles. The van der Waals surface area contributed by atoms with Gasteiger partial charge in [-0.15, -0.1) is 12.4 Å². The van der Waals surface area contributed by atoms with Crippen LogP contribution in [0.4, 0.5) is 5.82 Å². The molecule has 0 radical (unpaired) electrons. The van der Waals surface area contributed by atoms with Crippen molar-refractivity contribution in [3.8, 4) is 0 Å². The van der Waals surface area contributed by atoms with Crippen LogP contribution >= 0.6 is 12.4 Å². The van der Waals surface area contributed by atoms with Gasteiger partial charge in [0.05, 0.1) is 0 Å². The summed E-state index contributed by atoms with van der Waals surface area (Å²) in [5, 5.41) is 13.7. The molecule has 1 fully saturated rings. The fraction of sp³-hybridized carbons (Fsp3) is 0.733. The van der Waals surface area contributed by atoms with Crippen LogP contribution in [0.2, 0.25) is 0 Å². The smallest absolute Gasteiger partial charge is 0.358 e. The Labute approximate surface area is 147 Å². The van der Waals surface area contributed by atoms with Crippen molar-refractivity contribution in [2.24, 2.45) is 11.7 Å². The zero-order valence-electron chi connectivity index (χ0n) is 13.9. The second kappa shape index (κ2) is 9.58. The third-order valence-electron chi connectivity index (χ3n) is 4.55. The predicted octanol–water partition coefficient (Wildman–Crippen LogP) is 1.94. The quantitative estimate of drug-likeness (QED) is 0.570. The Bertz CT molecular complexity index is 557. The average molecular weight is 360 g/mol. The molecule has 1 aliphatic rings. The van der Waals surface area contributed by atoms with E-state index < -0.39 is 4.92 Å². The molecule has 3 N–H and O–H groups in total. The standard InChI is InChI=1S/C15H25N5O3.ClH/c1-11-17-14(20(22)23)10-19(11)8-7-15(21)18-13(9-16)12-5-3-2-4-6-12;/h10,12-13H,2-9,16H2,1H3,(H,18,21);1H. The van der Waals surface area contributed by atoms with E-state index in [1.165, 1.54) is 25.5 Å². The third-order valence-corrected chi connectivity index (χ3v) is 4.55. The summed E-state index contributed by atoms with van der Waals surface area (Å²) in [6.45, 7) is 2.52. The Morgan fingerprint density at radius 1 is 1.50 bits per heavy atom. The zero-order chi connectivity index (χ0) is 16.8. The molecule has 1 saturated carbocycles.